The van der Waals surface area contributed by atoms with Crippen molar-refractivity contribution in [3.8, 4) is 34.3 Å². The lowest BCUT2D eigenvalue weighted by Gasteiger charge is -2.09. The van der Waals surface area contributed by atoms with E-state index in [0.717, 1.165) is 28.0 Å². The summed E-state index contributed by atoms with van der Waals surface area (Å²) < 4.78 is 2.31. The Morgan fingerprint density at radius 2 is 1.42 bits per heavy atom. The summed E-state index contributed by atoms with van der Waals surface area (Å²) in [5.74, 6) is 0. The minimum Gasteiger partial charge on any atom is -0.309 e. The molecule has 0 amide bonds. The first kappa shape index (κ1) is 19.0. The summed E-state index contributed by atoms with van der Waals surface area (Å²) in [4.78, 5) is 8.98. The predicted octanol–water partition coefficient (Wildman–Crippen LogP) is 6.78. The third kappa shape index (κ3) is 3.24. The molecule has 3 aromatic carbocycles. The zero-order chi connectivity index (χ0) is 22.2. The van der Waals surface area contributed by atoms with Gasteiger partial charge in [0.2, 0.25) is 0 Å². The summed E-state index contributed by atoms with van der Waals surface area (Å²) in [7, 11) is 0. The summed E-state index contributed by atoms with van der Waals surface area (Å²) >= 11 is 0. The van der Waals surface area contributed by atoms with Gasteiger partial charge in [-0.3, -0.25) is 9.97 Å². The van der Waals surface area contributed by atoms with E-state index in [1.807, 2.05) is 18.3 Å². The molecule has 0 radical (unpaired) electrons. The standard InChI is InChI=1S/C29H18N4/c30-18-20-14-15-31-27(16-20)26-13-11-22(19-32-26)21-10-12-25-24-8-4-5-9-28(24)33(29(25)17-21)23-6-2-1-3-7-23/h1-17,19H. The van der Waals surface area contributed by atoms with Gasteiger partial charge in [0.25, 0.3) is 0 Å². The number of fused-ring (bicyclic) bond motifs is 3. The van der Waals surface area contributed by atoms with E-state index in [-0.39, 0.29) is 0 Å². The van der Waals surface area contributed by atoms with E-state index in [9.17, 15) is 0 Å². The van der Waals surface area contributed by atoms with Gasteiger partial charge in [-0.2, -0.15) is 5.26 Å². The predicted molar refractivity (Wildman–Crippen MR) is 132 cm³/mol. The van der Waals surface area contributed by atoms with E-state index in [1.165, 1.54) is 16.3 Å². The van der Waals surface area contributed by atoms with E-state index in [2.05, 4.69) is 93.4 Å². The van der Waals surface area contributed by atoms with Crippen molar-refractivity contribution in [1.29, 1.82) is 5.26 Å². The van der Waals surface area contributed by atoms with Gasteiger partial charge < -0.3 is 4.57 Å². The number of aromatic nitrogens is 3. The molecule has 0 atom stereocenters. The SMILES string of the molecule is N#Cc1ccnc(-c2ccc(-c3ccc4c5ccccc5n(-c5ccccc5)c4c3)cn2)c1. The van der Waals surface area contributed by atoms with Crippen LogP contribution in [0.1, 0.15) is 5.56 Å². The van der Waals surface area contributed by atoms with Crippen LogP contribution in [0.25, 0.3) is 50.0 Å². The summed E-state index contributed by atoms with van der Waals surface area (Å²) in [6.45, 7) is 0. The first-order valence-corrected chi connectivity index (χ1v) is 10.7. The molecule has 6 aromatic rings. The van der Waals surface area contributed by atoms with Gasteiger partial charge in [-0.25, -0.2) is 0 Å². The highest BCUT2D eigenvalue weighted by molar-refractivity contribution is 6.10. The maximum Gasteiger partial charge on any atom is 0.0992 e. The van der Waals surface area contributed by atoms with Crippen molar-refractivity contribution in [2.75, 3.05) is 0 Å². The second-order valence-electron chi connectivity index (χ2n) is 7.89. The second kappa shape index (κ2) is 7.74. The molecule has 0 spiro atoms. The van der Waals surface area contributed by atoms with E-state index < -0.39 is 0 Å². The molecule has 3 aromatic heterocycles. The Kier molecular flexibility index (Phi) is 4.45. The smallest absolute Gasteiger partial charge is 0.0992 e. The molecule has 0 aliphatic heterocycles. The Morgan fingerprint density at radius 3 is 2.24 bits per heavy atom. The fourth-order valence-electron chi connectivity index (χ4n) is 4.36. The number of hydrogen-bond donors (Lipinski definition) is 0. The number of nitrogens with zero attached hydrogens (tertiary/aromatic N) is 4. The molecular weight excluding hydrogens is 404 g/mol. The Hall–Kier alpha value is -4.75. The van der Waals surface area contributed by atoms with E-state index >= 15 is 0 Å². The molecule has 0 saturated carbocycles. The van der Waals surface area contributed by atoms with Crippen LogP contribution in [0.2, 0.25) is 0 Å². The Labute approximate surface area is 191 Å². The molecule has 0 N–H and O–H groups in total. The van der Waals surface area contributed by atoms with Crippen molar-refractivity contribution in [1.82, 2.24) is 14.5 Å². The van der Waals surface area contributed by atoms with Crippen molar-refractivity contribution in [2.24, 2.45) is 0 Å². The van der Waals surface area contributed by atoms with Crippen molar-refractivity contribution >= 4 is 21.8 Å². The lowest BCUT2D eigenvalue weighted by Crippen LogP contribution is -1.93. The number of nitriles is 1. The molecule has 154 valence electrons. The number of benzene rings is 3. The number of rotatable bonds is 3. The Morgan fingerprint density at radius 1 is 0.636 bits per heavy atom. The van der Waals surface area contributed by atoms with Crippen molar-refractivity contribution in [3.05, 3.63) is 115 Å². The number of hydrogen-bond acceptors (Lipinski definition) is 3. The molecule has 4 heteroatoms. The summed E-state index contributed by atoms with van der Waals surface area (Å²) in [6, 6.07) is 35.1. The normalized spacial score (nSPS) is 11.0. The second-order valence-corrected chi connectivity index (χ2v) is 7.89. The molecule has 33 heavy (non-hydrogen) atoms. The van der Waals surface area contributed by atoms with Gasteiger partial charge in [0.15, 0.2) is 0 Å². The molecule has 0 unspecified atom stereocenters. The average Bonchev–Trinajstić information content (AvgIpc) is 3.23. The fourth-order valence-corrected chi connectivity index (χ4v) is 4.36. The lowest BCUT2D eigenvalue weighted by atomic mass is 10.0. The van der Waals surface area contributed by atoms with Gasteiger partial charge >= 0.3 is 0 Å². The molecular formula is C29H18N4. The Balaban J connectivity index is 1.49. The summed E-state index contributed by atoms with van der Waals surface area (Å²) in [5, 5.41) is 11.6. The molecule has 0 saturated heterocycles. The van der Waals surface area contributed by atoms with E-state index in [4.69, 9.17) is 5.26 Å². The summed E-state index contributed by atoms with van der Waals surface area (Å²) in [6.07, 6.45) is 3.51. The quantitative estimate of drug-likeness (QED) is 0.316. The van der Waals surface area contributed by atoms with Crippen LogP contribution in [0.4, 0.5) is 0 Å². The van der Waals surface area contributed by atoms with Crippen LogP contribution in [0.5, 0.6) is 0 Å². The van der Waals surface area contributed by atoms with Crippen LogP contribution in [0.3, 0.4) is 0 Å². The fraction of sp³-hybridized carbons (Fsp3) is 0. The van der Waals surface area contributed by atoms with Crippen LogP contribution in [-0.4, -0.2) is 14.5 Å². The largest absolute Gasteiger partial charge is 0.309 e. The van der Waals surface area contributed by atoms with Crippen LogP contribution < -0.4 is 0 Å². The van der Waals surface area contributed by atoms with Crippen molar-refractivity contribution in [3.63, 3.8) is 0 Å². The maximum atomic E-state index is 9.15. The maximum absolute atomic E-state index is 9.15. The summed E-state index contributed by atoms with van der Waals surface area (Å²) in [5.41, 5.74) is 7.63. The third-order valence-electron chi connectivity index (χ3n) is 5.94. The topological polar surface area (TPSA) is 54.5 Å². The highest BCUT2D eigenvalue weighted by Crippen LogP contribution is 2.34. The van der Waals surface area contributed by atoms with Crippen LogP contribution >= 0.6 is 0 Å². The molecule has 0 fully saturated rings. The minimum atomic E-state index is 0.574. The first-order chi connectivity index (χ1) is 16.3. The molecule has 0 bridgehead atoms. The zero-order valence-corrected chi connectivity index (χ0v) is 17.7. The van der Waals surface area contributed by atoms with Crippen molar-refractivity contribution < 1.29 is 0 Å². The average molecular weight is 422 g/mol. The first-order valence-electron chi connectivity index (χ1n) is 10.7. The van der Waals surface area contributed by atoms with Gasteiger partial charge in [0, 0.05) is 34.4 Å². The van der Waals surface area contributed by atoms with Gasteiger partial charge in [-0.15, -0.1) is 0 Å². The third-order valence-corrected chi connectivity index (χ3v) is 5.94. The van der Waals surface area contributed by atoms with Crippen LogP contribution in [0, 0.1) is 11.3 Å². The molecule has 3 heterocycles. The Bertz CT molecular complexity index is 1660. The van der Waals surface area contributed by atoms with Gasteiger partial charge in [-0.05, 0) is 48.0 Å². The van der Waals surface area contributed by atoms with E-state index in [1.54, 1.807) is 18.3 Å². The van der Waals surface area contributed by atoms with Gasteiger partial charge in [-0.1, -0.05) is 54.6 Å². The van der Waals surface area contributed by atoms with Crippen LogP contribution in [-0.2, 0) is 0 Å². The van der Waals surface area contributed by atoms with Crippen molar-refractivity contribution in [2.45, 2.75) is 0 Å². The lowest BCUT2D eigenvalue weighted by molar-refractivity contribution is 1.18. The van der Waals surface area contributed by atoms with Gasteiger partial charge in [0.05, 0.1) is 34.1 Å². The van der Waals surface area contributed by atoms with Crippen LogP contribution in [0.15, 0.2) is 109 Å². The number of para-hydroxylation sites is 2. The molecule has 0 aliphatic rings. The minimum absolute atomic E-state index is 0.574. The molecule has 6 rings (SSSR count). The zero-order valence-electron chi connectivity index (χ0n) is 17.7. The highest BCUT2D eigenvalue weighted by Gasteiger charge is 2.13. The number of pyridine rings is 2. The monoisotopic (exact) mass is 422 g/mol. The molecule has 0 aliphatic carbocycles. The highest BCUT2D eigenvalue weighted by atomic mass is 15.0. The van der Waals surface area contributed by atoms with Gasteiger partial charge in [0.1, 0.15) is 0 Å². The van der Waals surface area contributed by atoms with E-state index in [0.29, 0.717) is 11.3 Å². The molecule has 4 nitrogen and oxygen atoms in total.